The van der Waals surface area contributed by atoms with Crippen molar-refractivity contribution in [3.05, 3.63) is 12.2 Å². The number of carbonyl (C=O) groups excluding carboxylic acids is 1. The number of hydrogen-bond donors (Lipinski definition) is 4. The summed E-state index contributed by atoms with van der Waals surface area (Å²) in [4.78, 5) is 25.8. The van der Waals surface area contributed by atoms with Crippen molar-refractivity contribution >= 4 is 12.0 Å². The van der Waals surface area contributed by atoms with Crippen molar-refractivity contribution in [1.29, 1.82) is 0 Å². The van der Waals surface area contributed by atoms with Crippen LogP contribution in [-0.4, -0.2) is 58.6 Å². The van der Waals surface area contributed by atoms with E-state index >= 15 is 0 Å². The summed E-state index contributed by atoms with van der Waals surface area (Å²) in [6, 6.07) is -0.460. The number of aromatic amines is 1. The van der Waals surface area contributed by atoms with Gasteiger partial charge in [-0.15, -0.1) is 0 Å². The van der Waals surface area contributed by atoms with Gasteiger partial charge in [0.15, 0.2) is 6.10 Å². The first-order valence-corrected chi connectivity index (χ1v) is 5.25. The van der Waals surface area contributed by atoms with Crippen molar-refractivity contribution in [3.8, 4) is 0 Å². The van der Waals surface area contributed by atoms with E-state index in [1.165, 1.54) is 13.4 Å². The van der Waals surface area contributed by atoms with E-state index in [2.05, 4.69) is 30.6 Å². The summed E-state index contributed by atoms with van der Waals surface area (Å²) in [5.41, 5.74) is 0. The third-order valence-electron chi connectivity index (χ3n) is 2.12. The van der Waals surface area contributed by atoms with Crippen LogP contribution in [0.3, 0.4) is 0 Å². The molecule has 0 saturated carbocycles. The molecular weight excluding hydrogens is 242 g/mol. The predicted molar refractivity (Wildman–Crippen MR) is 59.9 cm³/mol. The number of aromatic nitrogens is 3. The third-order valence-corrected chi connectivity index (χ3v) is 2.12. The fourth-order valence-electron chi connectivity index (χ4n) is 1.17. The van der Waals surface area contributed by atoms with Gasteiger partial charge in [-0.25, -0.2) is 14.6 Å². The molecule has 0 aliphatic heterocycles. The fourth-order valence-corrected chi connectivity index (χ4v) is 1.17. The molecule has 1 aromatic rings. The maximum Gasteiger partial charge on any atom is 0.334 e. The zero-order valence-electron chi connectivity index (χ0n) is 9.84. The van der Waals surface area contributed by atoms with Crippen LogP contribution in [0.25, 0.3) is 0 Å². The van der Waals surface area contributed by atoms with E-state index < -0.39 is 18.1 Å². The van der Waals surface area contributed by atoms with Crippen molar-refractivity contribution in [2.45, 2.75) is 12.5 Å². The monoisotopic (exact) mass is 257 g/mol. The Bertz CT molecular complexity index is 380. The second-order valence-electron chi connectivity index (χ2n) is 3.38. The van der Waals surface area contributed by atoms with Crippen LogP contribution in [0.4, 0.5) is 4.79 Å². The van der Waals surface area contributed by atoms with Gasteiger partial charge >= 0.3 is 12.0 Å². The van der Waals surface area contributed by atoms with Gasteiger partial charge in [0.05, 0.1) is 6.54 Å². The highest BCUT2D eigenvalue weighted by Crippen LogP contribution is 1.88. The lowest BCUT2D eigenvalue weighted by molar-refractivity contribution is -0.147. The van der Waals surface area contributed by atoms with Crippen LogP contribution >= 0.6 is 0 Å². The number of methoxy groups -OCH3 is 1. The smallest absolute Gasteiger partial charge is 0.334 e. The number of carboxylic acid groups (broad SMARTS) is 1. The zero-order chi connectivity index (χ0) is 13.4. The van der Waals surface area contributed by atoms with Crippen LogP contribution < -0.4 is 10.6 Å². The van der Waals surface area contributed by atoms with Gasteiger partial charge in [-0.3, -0.25) is 5.10 Å². The number of aliphatic carboxylic acids is 1. The van der Waals surface area contributed by atoms with Gasteiger partial charge in [-0.1, -0.05) is 0 Å². The van der Waals surface area contributed by atoms with Crippen molar-refractivity contribution in [3.63, 3.8) is 0 Å². The van der Waals surface area contributed by atoms with Gasteiger partial charge in [0.2, 0.25) is 0 Å². The highest BCUT2D eigenvalue weighted by molar-refractivity contribution is 5.76. The second-order valence-corrected chi connectivity index (χ2v) is 3.38. The molecule has 2 amide bonds. The standard InChI is InChI=1S/C9H15N5O4/c1-18-6(8(15)16)4-11-9(17)10-3-2-7-12-5-13-14-7/h5-6H,2-4H2,1H3,(H,15,16)(H2,10,11,17)(H,12,13,14). The molecule has 9 nitrogen and oxygen atoms in total. The van der Waals surface area contributed by atoms with Gasteiger partial charge in [0.1, 0.15) is 12.2 Å². The van der Waals surface area contributed by atoms with Gasteiger partial charge in [0.25, 0.3) is 0 Å². The van der Waals surface area contributed by atoms with E-state index in [0.717, 1.165) is 0 Å². The molecule has 100 valence electrons. The van der Waals surface area contributed by atoms with E-state index in [-0.39, 0.29) is 6.54 Å². The number of ether oxygens (including phenoxy) is 1. The van der Waals surface area contributed by atoms with Crippen molar-refractivity contribution in [1.82, 2.24) is 25.8 Å². The van der Waals surface area contributed by atoms with Crippen LogP contribution in [0.1, 0.15) is 5.82 Å². The summed E-state index contributed by atoms with van der Waals surface area (Å²) in [5, 5.41) is 19.9. The topological polar surface area (TPSA) is 129 Å². The van der Waals surface area contributed by atoms with E-state index in [0.29, 0.717) is 18.8 Å². The molecule has 0 aromatic carbocycles. The quantitative estimate of drug-likeness (QED) is 0.483. The van der Waals surface area contributed by atoms with Crippen LogP contribution in [0.5, 0.6) is 0 Å². The van der Waals surface area contributed by atoms with E-state index in [9.17, 15) is 9.59 Å². The molecule has 0 aliphatic rings. The first-order valence-electron chi connectivity index (χ1n) is 5.25. The van der Waals surface area contributed by atoms with Crippen molar-refractivity contribution in [2.75, 3.05) is 20.2 Å². The molecule has 18 heavy (non-hydrogen) atoms. The Morgan fingerprint density at radius 2 is 2.33 bits per heavy atom. The van der Waals surface area contributed by atoms with Gasteiger partial charge in [0, 0.05) is 20.1 Å². The molecule has 1 atom stereocenters. The Morgan fingerprint density at radius 3 is 2.89 bits per heavy atom. The van der Waals surface area contributed by atoms with Gasteiger partial charge < -0.3 is 20.5 Å². The first-order chi connectivity index (χ1) is 8.63. The molecule has 9 heteroatoms. The molecule has 0 spiro atoms. The van der Waals surface area contributed by atoms with Crippen LogP contribution in [0, 0.1) is 0 Å². The number of urea groups is 1. The van der Waals surface area contributed by atoms with Crippen LogP contribution in [0.2, 0.25) is 0 Å². The number of rotatable bonds is 7. The lowest BCUT2D eigenvalue weighted by Crippen LogP contribution is -2.43. The number of nitrogens with one attached hydrogen (secondary N) is 3. The van der Waals surface area contributed by atoms with Crippen molar-refractivity contribution < 1.29 is 19.4 Å². The molecule has 0 radical (unpaired) electrons. The van der Waals surface area contributed by atoms with Crippen LogP contribution in [-0.2, 0) is 16.0 Å². The number of H-pyrrole nitrogens is 1. The second kappa shape index (κ2) is 7.22. The van der Waals surface area contributed by atoms with E-state index in [4.69, 9.17) is 5.11 Å². The normalized spacial score (nSPS) is 11.8. The Balaban J connectivity index is 2.15. The van der Waals surface area contributed by atoms with Gasteiger partial charge in [-0.2, -0.15) is 5.10 Å². The third kappa shape index (κ3) is 4.78. The fraction of sp³-hybridized carbons (Fsp3) is 0.556. The Labute approximate surface area is 103 Å². The maximum atomic E-state index is 11.3. The van der Waals surface area contributed by atoms with Gasteiger partial charge in [-0.05, 0) is 0 Å². The average Bonchev–Trinajstić information content (AvgIpc) is 2.82. The minimum atomic E-state index is -1.13. The Morgan fingerprint density at radius 1 is 1.56 bits per heavy atom. The molecule has 0 fully saturated rings. The highest BCUT2D eigenvalue weighted by atomic mass is 16.5. The van der Waals surface area contributed by atoms with Crippen LogP contribution in [0.15, 0.2) is 6.33 Å². The largest absolute Gasteiger partial charge is 0.479 e. The summed E-state index contributed by atoms with van der Waals surface area (Å²) >= 11 is 0. The molecule has 0 bridgehead atoms. The zero-order valence-corrected chi connectivity index (χ0v) is 9.84. The molecule has 0 saturated heterocycles. The molecule has 0 aliphatic carbocycles. The first kappa shape index (κ1) is 13.9. The number of carbonyl (C=O) groups is 2. The number of hydrogen-bond acceptors (Lipinski definition) is 5. The number of carboxylic acids is 1. The number of amides is 2. The van der Waals surface area contributed by atoms with E-state index in [1.54, 1.807) is 0 Å². The molecular formula is C9H15N5O4. The average molecular weight is 257 g/mol. The maximum absolute atomic E-state index is 11.3. The van der Waals surface area contributed by atoms with Crippen molar-refractivity contribution in [2.24, 2.45) is 0 Å². The summed E-state index contributed by atoms with van der Waals surface area (Å²) in [6.07, 6.45) is 0.843. The molecule has 1 rings (SSSR count). The summed E-state index contributed by atoms with van der Waals surface area (Å²) in [6.45, 7) is 0.270. The molecule has 1 heterocycles. The number of nitrogens with zero attached hydrogens (tertiary/aromatic N) is 2. The summed E-state index contributed by atoms with van der Waals surface area (Å²) in [5.74, 6) is -0.463. The molecule has 1 aromatic heterocycles. The minimum absolute atomic E-state index is 0.0972. The highest BCUT2D eigenvalue weighted by Gasteiger charge is 2.16. The minimum Gasteiger partial charge on any atom is -0.479 e. The SMILES string of the molecule is COC(CNC(=O)NCCc1ncn[nH]1)C(=O)O. The lowest BCUT2D eigenvalue weighted by Gasteiger charge is -2.11. The van der Waals surface area contributed by atoms with E-state index in [1.807, 2.05) is 0 Å². The summed E-state index contributed by atoms with van der Waals surface area (Å²) in [7, 11) is 1.27. The Kier molecular flexibility index (Phi) is 5.58. The molecule has 4 N–H and O–H groups in total. The molecule has 1 unspecified atom stereocenters. The summed E-state index contributed by atoms with van der Waals surface area (Å²) < 4.78 is 4.66. The predicted octanol–water partition coefficient (Wildman–Crippen LogP) is -1.25. The Hall–Kier alpha value is -2.16. The lowest BCUT2D eigenvalue weighted by atomic mass is 10.3.